The maximum absolute atomic E-state index is 12.5. The summed E-state index contributed by atoms with van der Waals surface area (Å²) in [5.41, 5.74) is 0.00576. The van der Waals surface area contributed by atoms with Gasteiger partial charge in [0.2, 0.25) is 11.8 Å². The highest BCUT2D eigenvalue weighted by molar-refractivity contribution is 5.99. The Labute approximate surface area is 125 Å². The molecule has 2 N–H and O–H groups in total. The van der Waals surface area contributed by atoms with Crippen molar-refractivity contribution >= 4 is 11.8 Å². The van der Waals surface area contributed by atoms with Gasteiger partial charge in [0, 0.05) is 6.54 Å². The number of phenolic OH excluding ortho intramolecular Hbond substituents is 1. The number of hydrogen-bond donors (Lipinski definition) is 2. The van der Waals surface area contributed by atoms with E-state index in [0.29, 0.717) is 19.4 Å². The fraction of sp³-hybridized carbons (Fsp3) is 0.500. The van der Waals surface area contributed by atoms with E-state index in [1.807, 2.05) is 19.9 Å². The van der Waals surface area contributed by atoms with Crippen LogP contribution in [0.3, 0.4) is 0 Å². The highest BCUT2D eigenvalue weighted by Crippen LogP contribution is 2.31. The third-order valence-electron chi connectivity index (χ3n) is 4.34. The lowest BCUT2D eigenvalue weighted by Gasteiger charge is -2.47. The van der Waals surface area contributed by atoms with E-state index in [1.54, 1.807) is 30.0 Å². The molecule has 1 atom stereocenters. The van der Waals surface area contributed by atoms with Crippen LogP contribution >= 0.6 is 0 Å². The third-order valence-corrected chi connectivity index (χ3v) is 4.34. The number of carbonyl (C=O) groups excluding carboxylic acids is 2. The first-order chi connectivity index (χ1) is 9.94. The Bertz CT molecular complexity index is 552. The van der Waals surface area contributed by atoms with Crippen LogP contribution in [0.1, 0.15) is 39.2 Å². The van der Waals surface area contributed by atoms with Gasteiger partial charge in [0.25, 0.3) is 0 Å². The molecule has 2 amide bonds. The van der Waals surface area contributed by atoms with Gasteiger partial charge in [0.15, 0.2) is 0 Å². The molecule has 21 heavy (non-hydrogen) atoms. The summed E-state index contributed by atoms with van der Waals surface area (Å²) in [4.78, 5) is 26.6. The molecule has 114 valence electrons. The van der Waals surface area contributed by atoms with Gasteiger partial charge in [0.05, 0.1) is 0 Å². The summed E-state index contributed by atoms with van der Waals surface area (Å²) in [5, 5.41) is 12.3. The topological polar surface area (TPSA) is 69.6 Å². The molecule has 0 bridgehead atoms. The number of rotatable bonds is 4. The van der Waals surface area contributed by atoms with Gasteiger partial charge in [-0.15, -0.1) is 0 Å². The maximum atomic E-state index is 12.5. The maximum Gasteiger partial charge on any atom is 0.246 e. The van der Waals surface area contributed by atoms with Crippen molar-refractivity contribution in [2.24, 2.45) is 0 Å². The molecule has 0 aromatic heterocycles. The van der Waals surface area contributed by atoms with Crippen molar-refractivity contribution in [1.29, 1.82) is 0 Å². The summed E-state index contributed by atoms with van der Waals surface area (Å²) in [6.07, 6.45) is 1.12. The summed E-state index contributed by atoms with van der Waals surface area (Å²) in [7, 11) is 0. The number of aromatic hydroxyl groups is 1. The fourth-order valence-corrected chi connectivity index (χ4v) is 2.98. The summed E-state index contributed by atoms with van der Waals surface area (Å²) in [6.45, 7) is 5.86. The molecule has 5 nitrogen and oxygen atoms in total. The van der Waals surface area contributed by atoms with Crippen LogP contribution < -0.4 is 5.32 Å². The van der Waals surface area contributed by atoms with E-state index < -0.39 is 11.6 Å². The van der Waals surface area contributed by atoms with E-state index in [4.69, 9.17) is 0 Å². The molecule has 1 aromatic rings. The number of nitrogens with one attached hydrogen (secondary N) is 1. The SMILES string of the molecule is CCC1(CC)C(=O)NC(C)C(=O)N1Cc1cccc(O)c1. The van der Waals surface area contributed by atoms with E-state index >= 15 is 0 Å². The summed E-state index contributed by atoms with van der Waals surface area (Å²) >= 11 is 0. The predicted molar refractivity (Wildman–Crippen MR) is 79.6 cm³/mol. The van der Waals surface area contributed by atoms with Gasteiger partial charge in [-0.2, -0.15) is 0 Å². The van der Waals surface area contributed by atoms with Gasteiger partial charge in [0.1, 0.15) is 17.3 Å². The van der Waals surface area contributed by atoms with E-state index in [9.17, 15) is 14.7 Å². The van der Waals surface area contributed by atoms with Crippen LogP contribution in [0.2, 0.25) is 0 Å². The molecule has 2 rings (SSSR count). The van der Waals surface area contributed by atoms with Crippen LogP contribution in [-0.4, -0.2) is 33.4 Å². The van der Waals surface area contributed by atoms with Crippen LogP contribution in [0, 0.1) is 0 Å². The van der Waals surface area contributed by atoms with E-state index in [2.05, 4.69) is 5.32 Å². The third kappa shape index (κ3) is 2.60. The number of phenols is 1. The molecule has 1 unspecified atom stereocenters. The molecule has 1 aromatic carbocycles. The number of nitrogens with zero attached hydrogens (tertiary/aromatic N) is 1. The standard InChI is InChI=1S/C16H22N2O3/c1-4-16(5-2)15(21)17-11(3)14(20)18(16)10-12-7-6-8-13(19)9-12/h6-9,11,19H,4-5,10H2,1-3H3,(H,17,21). The minimum atomic E-state index is -0.810. The molecule has 0 radical (unpaired) electrons. The number of amides is 2. The van der Waals surface area contributed by atoms with Crippen molar-refractivity contribution in [3.8, 4) is 5.75 Å². The summed E-state index contributed by atoms with van der Waals surface area (Å²) < 4.78 is 0. The van der Waals surface area contributed by atoms with Gasteiger partial charge in [-0.25, -0.2) is 0 Å². The average molecular weight is 290 g/mol. The van der Waals surface area contributed by atoms with Crippen molar-refractivity contribution in [1.82, 2.24) is 10.2 Å². The van der Waals surface area contributed by atoms with Crippen molar-refractivity contribution in [2.45, 2.75) is 51.7 Å². The Balaban J connectivity index is 2.39. The Morgan fingerprint density at radius 2 is 1.95 bits per heavy atom. The molecule has 0 aliphatic carbocycles. The number of carbonyl (C=O) groups is 2. The van der Waals surface area contributed by atoms with Gasteiger partial charge in [-0.3, -0.25) is 9.59 Å². The first kappa shape index (κ1) is 15.4. The van der Waals surface area contributed by atoms with Crippen molar-refractivity contribution < 1.29 is 14.7 Å². The average Bonchev–Trinajstić information content (AvgIpc) is 2.46. The highest BCUT2D eigenvalue weighted by Gasteiger charge is 2.49. The highest BCUT2D eigenvalue weighted by atomic mass is 16.3. The lowest BCUT2D eigenvalue weighted by molar-refractivity contribution is -0.158. The Morgan fingerprint density at radius 3 is 2.52 bits per heavy atom. The minimum Gasteiger partial charge on any atom is -0.508 e. The first-order valence-corrected chi connectivity index (χ1v) is 7.35. The van der Waals surface area contributed by atoms with E-state index in [-0.39, 0.29) is 17.6 Å². The second-order valence-corrected chi connectivity index (χ2v) is 5.53. The normalized spacial score (nSPS) is 21.3. The van der Waals surface area contributed by atoms with Crippen molar-refractivity contribution in [2.75, 3.05) is 0 Å². The quantitative estimate of drug-likeness (QED) is 0.888. The molecule has 1 saturated heterocycles. The molecular weight excluding hydrogens is 268 g/mol. The smallest absolute Gasteiger partial charge is 0.246 e. The Kier molecular flexibility index (Phi) is 4.21. The monoisotopic (exact) mass is 290 g/mol. The zero-order valence-corrected chi connectivity index (χ0v) is 12.7. The lowest BCUT2D eigenvalue weighted by Crippen LogP contribution is -2.69. The van der Waals surface area contributed by atoms with Crippen molar-refractivity contribution in [3.63, 3.8) is 0 Å². The Morgan fingerprint density at radius 1 is 1.29 bits per heavy atom. The van der Waals surface area contributed by atoms with E-state index in [1.165, 1.54) is 0 Å². The summed E-state index contributed by atoms with van der Waals surface area (Å²) in [5.74, 6) is -0.0190. The molecule has 1 heterocycles. The molecule has 1 aliphatic heterocycles. The molecular formula is C16H22N2O3. The second-order valence-electron chi connectivity index (χ2n) is 5.53. The Hall–Kier alpha value is -2.04. The van der Waals surface area contributed by atoms with Crippen molar-refractivity contribution in [3.05, 3.63) is 29.8 Å². The van der Waals surface area contributed by atoms with Gasteiger partial charge in [-0.05, 0) is 37.5 Å². The van der Waals surface area contributed by atoms with Gasteiger partial charge < -0.3 is 15.3 Å². The zero-order valence-electron chi connectivity index (χ0n) is 12.7. The number of piperazine rings is 1. The predicted octanol–water partition coefficient (Wildman–Crippen LogP) is 1.80. The van der Waals surface area contributed by atoms with Crippen LogP contribution in [0.15, 0.2) is 24.3 Å². The van der Waals surface area contributed by atoms with Gasteiger partial charge >= 0.3 is 0 Å². The second kappa shape index (κ2) is 5.76. The minimum absolute atomic E-state index is 0.0818. The molecule has 1 aliphatic rings. The van der Waals surface area contributed by atoms with E-state index in [0.717, 1.165) is 5.56 Å². The van der Waals surface area contributed by atoms with Crippen LogP contribution in [0.25, 0.3) is 0 Å². The molecule has 1 fully saturated rings. The molecule has 0 spiro atoms. The fourth-order valence-electron chi connectivity index (χ4n) is 2.98. The van der Waals surface area contributed by atoms with Crippen LogP contribution in [0.4, 0.5) is 0 Å². The van der Waals surface area contributed by atoms with Crippen LogP contribution in [-0.2, 0) is 16.1 Å². The number of hydrogen-bond acceptors (Lipinski definition) is 3. The lowest BCUT2D eigenvalue weighted by atomic mass is 9.85. The number of benzene rings is 1. The largest absolute Gasteiger partial charge is 0.508 e. The van der Waals surface area contributed by atoms with Gasteiger partial charge in [-0.1, -0.05) is 26.0 Å². The molecule has 5 heteroatoms. The molecule has 0 saturated carbocycles. The summed E-state index contributed by atoms with van der Waals surface area (Å²) in [6, 6.07) is 6.29. The zero-order chi connectivity index (χ0) is 15.6. The first-order valence-electron chi connectivity index (χ1n) is 7.35. The van der Waals surface area contributed by atoms with Crippen LogP contribution in [0.5, 0.6) is 5.75 Å².